The van der Waals surface area contributed by atoms with E-state index in [9.17, 15) is 4.79 Å². The third-order valence-electron chi connectivity index (χ3n) is 3.44. The van der Waals surface area contributed by atoms with Crippen molar-refractivity contribution in [3.63, 3.8) is 0 Å². The van der Waals surface area contributed by atoms with Gasteiger partial charge >= 0.3 is 0 Å². The Hall–Kier alpha value is -1.35. The number of ketones is 1. The molecule has 16 heavy (non-hydrogen) atoms. The van der Waals surface area contributed by atoms with Crippen LogP contribution in [-0.2, 0) is 0 Å². The average molecular weight is 219 g/mol. The molecule has 1 aliphatic rings. The molecule has 1 aliphatic carbocycles. The zero-order valence-electron chi connectivity index (χ0n) is 9.96. The summed E-state index contributed by atoms with van der Waals surface area (Å²) >= 11 is 0. The largest absolute Gasteiger partial charge is 0.496 e. The van der Waals surface area contributed by atoms with E-state index in [0.29, 0.717) is 0 Å². The molecule has 3 heteroatoms. The molecule has 1 aromatic carbocycles. The molecule has 0 aliphatic heterocycles. The second-order valence-corrected chi connectivity index (χ2v) is 4.55. The van der Waals surface area contributed by atoms with Crippen LogP contribution in [0.3, 0.4) is 0 Å². The van der Waals surface area contributed by atoms with Crippen molar-refractivity contribution in [2.24, 2.45) is 5.73 Å². The normalized spacial score (nSPS) is 17.0. The Morgan fingerprint density at radius 2 is 1.94 bits per heavy atom. The predicted octanol–water partition coefficient (Wildman–Crippen LogP) is 1.99. The summed E-state index contributed by atoms with van der Waals surface area (Å²) in [7, 11) is 1.63. The summed E-state index contributed by atoms with van der Waals surface area (Å²) in [5.74, 6) is 0.881. The van der Waals surface area contributed by atoms with Gasteiger partial charge in [-0.3, -0.25) is 4.79 Å². The molecule has 1 saturated carbocycles. The molecule has 2 rings (SSSR count). The highest BCUT2D eigenvalue weighted by Crippen LogP contribution is 2.37. The highest BCUT2D eigenvalue weighted by molar-refractivity contribution is 6.06. The quantitative estimate of drug-likeness (QED) is 0.791. The highest BCUT2D eigenvalue weighted by Gasteiger charge is 2.46. The van der Waals surface area contributed by atoms with Gasteiger partial charge in [-0.15, -0.1) is 0 Å². The maximum atomic E-state index is 12.1. The number of Topliss-reactive ketones (excluding diaryl/α,β-unsaturated/α-hetero) is 1. The van der Waals surface area contributed by atoms with Gasteiger partial charge in [-0.25, -0.2) is 0 Å². The lowest BCUT2D eigenvalue weighted by Gasteiger charge is -2.14. The van der Waals surface area contributed by atoms with Gasteiger partial charge in [0.2, 0.25) is 0 Å². The predicted molar refractivity (Wildman–Crippen MR) is 63.0 cm³/mol. The van der Waals surface area contributed by atoms with Crippen LogP contribution in [0.5, 0.6) is 5.75 Å². The Morgan fingerprint density at radius 3 is 2.44 bits per heavy atom. The third kappa shape index (κ3) is 1.61. The van der Waals surface area contributed by atoms with Crippen LogP contribution in [0, 0.1) is 13.8 Å². The summed E-state index contributed by atoms with van der Waals surface area (Å²) in [4.78, 5) is 12.1. The van der Waals surface area contributed by atoms with Gasteiger partial charge in [-0.05, 0) is 49.9 Å². The summed E-state index contributed by atoms with van der Waals surface area (Å²) in [6.07, 6.45) is 1.60. The summed E-state index contributed by atoms with van der Waals surface area (Å²) in [6, 6.07) is 3.65. The molecule has 0 spiro atoms. The van der Waals surface area contributed by atoms with E-state index in [1.165, 1.54) is 0 Å². The van der Waals surface area contributed by atoms with Gasteiger partial charge in [0.25, 0.3) is 0 Å². The Balaban J connectivity index is 2.43. The molecule has 1 aromatic rings. The first-order valence-corrected chi connectivity index (χ1v) is 5.47. The van der Waals surface area contributed by atoms with Crippen LogP contribution in [0.4, 0.5) is 0 Å². The summed E-state index contributed by atoms with van der Waals surface area (Å²) < 4.78 is 5.22. The Bertz CT molecular complexity index is 447. The number of hydrogen-bond donors (Lipinski definition) is 1. The van der Waals surface area contributed by atoms with Gasteiger partial charge in [0.1, 0.15) is 5.75 Å². The number of carbonyl (C=O) groups excluding carboxylic acids is 1. The number of rotatable bonds is 3. The molecule has 0 heterocycles. The van der Waals surface area contributed by atoms with Crippen molar-refractivity contribution in [2.45, 2.75) is 32.2 Å². The third-order valence-corrected chi connectivity index (χ3v) is 3.44. The van der Waals surface area contributed by atoms with Gasteiger partial charge in [-0.1, -0.05) is 0 Å². The van der Waals surface area contributed by atoms with Crippen LogP contribution in [0.2, 0.25) is 0 Å². The molecule has 1 fully saturated rings. The number of ether oxygens (including phenoxy) is 1. The topological polar surface area (TPSA) is 52.3 Å². The molecular formula is C13H17NO2. The van der Waals surface area contributed by atoms with Gasteiger partial charge in [0.05, 0.1) is 12.6 Å². The Labute approximate surface area is 95.6 Å². The Kier molecular flexibility index (Phi) is 2.50. The summed E-state index contributed by atoms with van der Waals surface area (Å²) in [5, 5.41) is 0. The van der Waals surface area contributed by atoms with Gasteiger partial charge in [0.15, 0.2) is 5.78 Å². The molecule has 0 atom stereocenters. The lowest BCUT2D eigenvalue weighted by atomic mass is 9.95. The summed E-state index contributed by atoms with van der Waals surface area (Å²) in [6.45, 7) is 3.90. The fourth-order valence-corrected chi connectivity index (χ4v) is 1.89. The first kappa shape index (κ1) is 11.1. The minimum atomic E-state index is -0.591. The van der Waals surface area contributed by atoms with Crippen molar-refractivity contribution >= 4 is 5.78 Å². The van der Waals surface area contributed by atoms with Crippen molar-refractivity contribution in [1.82, 2.24) is 0 Å². The molecule has 3 nitrogen and oxygen atoms in total. The minimum absolute atomic E-state index is 0.0655. The summed E-state index contributed by atoms with van der Waals surface area (Å²) in [5.41, 5.74) is 8.06. The van der Waals surface area contributed by atoms with Gasteiger partial charge < -0.3 is 10.5 Å². The number of hydrogen-bond acceptors (Lipinski definition) is 3. The standard InChI is InChI=1S/C13H17NO2/c1-8-9(2)11(16-3)5-4-10(8)12(15)13(14)6-7-13/h4-5H,6-7,14H2,1-3H3. The van der Waals surface area contributed by atoms with Gasteiger partial charge in [-0.2, -0.15) is 0 Å². The number of benzene rings is 1. The SMILES string of the molecule is COc1ccc(C(=O)C2(N)CC2)c(C)c1C. The van der Waals surface area contributed by atoms with E-state index in [4.69, 9.17) is 10.5 Å². The van der Waals surface area contributed by atoms with E-state index in [-0.39, 0.29) is 5.78 Å². The molecule has 86 valence electrons. The maximum Gasteiger partial charge on any atom is 0.182 e. The highest BCUT2D eigenvalue weighted by atomic mass is 16.5. The molecule has 0 amide bonds. The first-order valence-electron chi connectivity index (χ1n) is 5.47. The average Bonchev–Trinajstić information content (AvgIpc) is 3.01. The van der Waals surface area contributed by atoms with Crippen LogP contribution >= 0.6 is 0 Å². The number of nitrogens with two attached hydrogens (primary N) is 1. The zero-order valence-corrected chi connectivity index (χ0v) is 9.96. The van der Waals surface area contributed by atoms with Crippen molar-refractivity contribution in [2.75, 3.05) is 7.11 Å². The smallest absolute Gasteiger partial charge is 0.182 e. The van der Waals surface area contributed by atoms with Crippen molar-refractivity contribution in [3.05, 3.63) is 28.8 Å². The minimum Gasteiger partial charge on any atom is -0.496 e. The molecule has 0 unspecified atom stereocenters. The number of carbonyl (C=O) groups is 1. The molecular weight excluding hydrogens is 202 g/mol. The molecule has 0 aromatic heterocycles. The van der Waals surface area contributed by atoms with Crippen LogP contribution in [-0.4, -0.2) is 18.4 Å². The fourth-order valence-electron chi connectivity index (χ4n) is 1.89. The molecule has 2 N–H and O–H groups in total. The van der Waals surface area contributed by atoms with Crippen molar-refractivity contribution in [1.29, 1.82) is 0 Å². The van der Waals surface area contributed by atoms with Crippen LogP contribution < -0.4 is 10.5 Å². The van der Waals surface area contributed by atoms with E-state index < -0.39 is 5.54 Å². The van der Waals surface area contributed by atoms with Gasteiger partial charge in [0, 0.05) is 5.56 Å². The molecule has 0 radical (unpaired) electrons. The lowest BCUT2D eigenvalue weighted by Crippen LogP contribution is -2.33. The monoisotopic (exact) mass is 219 g/mol. The van der Waals surface area contributed by atoms with E-state index in [0.717, 1.165) is 35.3 Å². The zero-order chi connectivity index (χ0) is 11.9. The van der Waals surface area contributed by atoms with Crippen LogP contribution in [0.15, 0.2) is 12.1 Å². The van der Waals surface area contributed by atoms with E-state index in [1.54, 1.807) is 7.11 Å². The van der Waals surface area contributed by atoms with E-state index >= 15 is 0 Å². The maximum absolute atomic E-state index is 12.1. The second-order valence-electron chi connectivity index (χ2n) is 4.55. The van der Waals surface area contributed by atoms with E-state index in [2.05, 4.69) is 0 Å². The number of methoxy groups -OCH3 is 1. The molecule has 0 bridgehead atoms. The van der Waals surface area contributed by atoms with E-state index in [1.807, 2.05) is 26.0 Å². The second kappa shape index (κ2) is 3.59. The van der Waals surface area contributed by atoms with Crippen LogP contribution in [0.25, 0.3) is 0 Å². The van der Waals surface area contributed by atoms with Crippen molar-refractivity contribution in [3.8, 4) is 5.75 Å². The first-order chi connectivity index (χ1) is 7.49. The Morgan fingerprint density at radius 1 is 1.31 bits per heavy atom. The van der Waals surface area contributed by atoms with Crippen LogP contribution in [0.1, 0.15) is 34.3 Å². The van der Waals surface area contributed by atoms with Crippen molar-refractivity contribution < 1.29 is 9.53 Å². The fraction of sp³-hybridized carbons (Fsp3) is 0.462. The lowest BCUT2D eigenvalue weighted by molar-refractivity contribution is 0.0948. The molecule has 0 saturated heterocycles.